The molecule has 0 amide bonds. The number of nitrogens with zero attached hydrogens (tertiary/aromatic N) is 2. The largest absolute Gasteiger partial charge is 0.497 e. The van der Waals surface area contributed by atoms with E-state index < -0.39 is 0 Å². The molecular formula is C18H21N3O2. The van der Waals surface area contributed by atoms with Crippen molar-refractivity contribution in [2.24, 2.45) is 5.10 Å². The molecule has 1 unspecified atom stereocenters. The predicted molar refractivity (Wildman–Crippen MR) is 92.1 cm³/mol. The standard InChI is InChI=1S/C18H21N3O2/c1-21-17(15-10-14(22-2)8-9-18(15)23-3)11-16(20-21)12-4-6-13(19)7-5-12/h4-10,17H,11,19H2,1-3H3. The van der Waals surface area contributed by atoms with Crippen LogP contribution in [0.3, 0.4) is 0 Å². The SMILES string of the molecule is COc1ccc(OC)c(C2CC(c3ccc(N)cc3)=NN2C)c1. The zero-order valence-corrected chi connectivity index (χ0v) is 13.6. The second-order valence-corrected chi connectivity index (χ2v) is 5.57. The van der Waals surface area contributed by atoms with Gasteiger partial charge < -0.3 is 15.2 Å². The number of benzene rings is 2. The average molecular weight is 311 g/mol. The first kappa shape index (κ1) is 15.2. The fourth-order valence-electron chi connectivity index (χ4n) is 2.88. The Hall–Kier alpha value is -2.69. The van der Waals surface area contributed by atoms with Gasteiger partial charge in [-0.15, -0.1) is 0 Å². The third-order valence-electron chi connectivity index (χ3n) is 4.16. The summed E-state index contributed by atoms with van der Waals surface area (Å²) in [6, 6.07) is 13.8. The van der Waals surface area contributed by atoms with E-state index in [0.29, 0.717) is 0 Å². The van der Waals surface area contributed by atoms with E-state index in [-0.39, 0.29) is 6.04 Å². The summed E-state index contributed by atoms with van der Waals surface area (Å²) in [6.07, 6.45) is 0.809. The minimum Gasteiger partial charge on any atom is -0.497 e. The second-order valence-electron chi connectivity index (χ2n) is 5.57. The van der Waals surface area contributed by atoms with Crippen LogP contribution >= 0.6 is 0 Å². The van der Waals surface area contributed by atoms with Crippen molar-refractivity contribution in [2.75, 3.05) is 27.0 Å². The van der Waals surface area contributed by atoms with Gasteiger partial charge in [-0.05, 0) is 35.9 Å². The maximum atomic E-state index is 5.76. The molecule has 0 bridgehead atoms. The Balaban J connectivity index is 1.90. The molecule has 0 aliphatic carbocycles. The van der Waals surface area contributed by atoms with Gasteiger partial charge in [0.15, 0.2) is 0 Å². The molecule has 0 radical (unpaired) electrons. The Bertz CT molecular complexity index is 726. The summed E-state index contributed by atoms with van der Waals surface area (Å²) in [5, 5.41) is 6.67. The van der Waals surface area contributed by atoms with E-state index in [4.69, 9.17) is 15.2 Å². The van der Waals surface area contributed by atoms with Crippen molar-refractivity contribution in [3.63, 3.8) is 0 Å². The van der Waals surface area contributed by atoms with E-state index in [9.17, 15) is 0 Å². The molecule has 1 aliphatic rings. The fourth-order valence-corrected chi connectivity index (χ4v) is 2.88. The third kappa shape index (κ3) is 2.95. The van der Waals surface area contributed by atoms with Gasteiger partial charge in [0.05, 0.1) is 26.0 Å². The molecule has 2 aromatic rings. The molecule has 23 heavy (non-hydrogen) atoms. The second kappa shape index (κ2) is 6.20. The van der Waals surface area contributed by atoms with Gasteiger partial charge >= 0.3 is 0 Å². The Morgan fingerprint density at radius 2 is 1.83 bits per heavy atom. The van der Waals surface area contributed by atoms with E-state index in [1.807, 2.05) is 54.5 Å². The van der Waals surface area contributed by atoms with Crippen LogP contribution in [-0.4, -0.2) is 32.0 Å². The maximum Gasteiger partial charge on any atom is 0.124 e. The highest BCUT2D eigenvalue weighted by Crippen LogP contribution is 2.38. The summed E-state index contributed by atoms with van der Waals surface area (Å²) in [6.45, 7) is 0. The highest BCUT2D eigenvalue weighted by Gasteiger charge is 2.28. The summed E-state index contributed by atoms with van der Waals surface area (Å²) in [7, 11) is 5.33. The quantitative estimate of drug-likeness (QED) is 0.882. The van der Waals surface area contributed by atoms with E-state index in [1.165, 1.54) is 0 Å². The third-order valence-corrected chi connectivity index (χ3v) is 4.16. The van der Waals surface area contributed by atoms with E-state index >= 15 is 0 Å². The number of nitrogen functional groups attached to an aromatic ring is 1. The molecule has 0 aromatic heterocycles. The first-order chi connectivity index (χ1) is 11.1. The molecule has 5 heteroatoms. The maximum absolute atomic E-state index is 5.76. The molecule has 1 atom stereocenters. The predicted octanol–water partition coefficient (Wildman–Crippen LogP) is 3.07. The van der Waals surface area contributed by atoms with Crippen LogP contribution in [0.2, 0.25) is 0 Å². The molecule has 0 saturated heterocycles. The molecule has 0 spiro atoms. The molecule has 120 valence electrons. The van der Waals surface area contributed by atoms with Crippen molar-refractivity contribution in [1.82, 2.24) is 5.01 Å². The number of hydrogen-bond acceptors (Lipinski definition) is 5. The van der Waals surface area contributed by atoms with Crippen LogP contribution in [0.25, 0.3) is 0 Å². The summed E-state index contributed by atoms with van der Waals surface area (Å²) >= 11 is 0. The molecule has 1 heterocycles. The summed E-state index contributed by atoms with van der Waals surface area (Å²) in [5.74, 6) is 1.66. The summed E-state index contributed by atoms with van der Waals surface area (Å²) in [5.41, 5.74) is 9.73. The number of methoxy groups -OCH3 is 2. The zero-order chi connectivity index (χ0) is 16.4. The smallest absolute Gasteiger partial charge is 0.124 e. The Labute approximate surface area is 136 Å². The first-order valence-corrected chi connectivity index (χ1v) is 7.50. The molecular weight excluding hydrogens is 290 g/mol. The molecule has 2 N–H and O–H groups in total. The van der Waals surface area contributed by atoms with Crippen molar-refractivity contribution in [2.45, 2.75) is 12.5 Å². The van der Waals surface area contributed by atoms with Crippen molar-refractivity contribution in [3.8, 4) is 11.5 Å². The van der Waals surface area contributed by atoms with Gasteiger partial charge in [0.2, 0.25) is 0 Å². The number of ether oxygens (including phenoxy) is 2. The normalized spacial score (nSPS) is 17.1. The molecule has 2 aromatic carbocycles. The van der Waals surface area contributed by atoms with Crippen LogP contribution in [0.15, 0.2) is 47.6 Å². The minimum atomic E-state index is 0.118. The molecule has 3 rings (SSSR count). The molecule has 5 nitrogen and oxygen atoms in total. The topological polar surface area (TPSA) is 60.1 Å². The fraction of sp³-hybridized carbons (Fsp3) is 0.278. The number of rotatable bonds is 4. The molecule has 0 fully saturated rings. The van der Waals surface area contributed by atoms with Crippen molar-refractivity contribution < 1.29 is 9.47 Å². The van der Waals surface area contributed by atoms with Gasteiger partial charge in [-0.2, -0.15) is 5.10 Å². The van der Waals surface area contributed by atoms with Crippen LogP contribution in [0.4, 0.5) is 5.69 Å². The van der Waals surface area contributed by atoms with E-state index in [2.05, 4.69) is 5.10 Å². The van der Waals surface area contributed by atoms with Crippen LogP contribution in [0.5, 0.6) is 11.5 Å². The minimum absolute atomic E-state index is 0.118. The lowest BCUT2D eigenvalue weighted by atomic mass is 9.97. The van der Waals surface area contributed by atoms with Crippen molar-refractivity contribution >= 4 is 11.4 Å². The zero-order valence-electron chi connectivity index (χ0n) is 13.6. The lowest BCUT2D eigenvalue weighted by Crippen LogP contribution is -2.15. The Morgan fingerprint density at radius 1 is 1.09 bits per heavy atom. The summed E-state index contributed by atoms with van der Waals surface area (Å²) in [4.78, 5) is 0. The van der Waals surface area contributed by atoms with Gasteiger partial charge in [0, 0.05) is 24.7 Å². The monoisotopic (exact) mass is 311 g/mol. The van der Waals surface area contributed by atoms with Crippen LogP contribution in [-0.2, 0) is 0 Å². The van der Waals surface area contributed by atoms with Gasteiger partial charge in [-0.1, -0.05) is 12.1 Å². The van der Waals surface area contributed by atoms with Gasteiger partial charge in [0.25, 0.3) is 0 Å². The number of nitrogens with two attached hydrogens (primary N) is 1. The van der Waals surface area contributed by atoms with Crippen LogP contribution < -0.4 is 15.2 Å². The Morgan fingerprint density at radius 3 is 2.48 bits per heavy atom. The number of anilines is 1. The van der Waals surface area contributed by atoms with E-state index in [1.54, 1.807) is 14.2 Å². The molecule has 0 saturated carbocycles. The van der Waals surface area contributed by atoms with Gasteiger partial charge in [-0.3, -0.25) is 5.01 Å². The van der Waals surface area contributed by atoms with Crippen molar-refractivity contribution in [3.05, 3.63) is 53.6 Å². The molecule has 1 aliphatic heterocycles. The first-order valence-electron chi connectivity index (χ1n) is 7.50. The number of hydrazone groups is 1. The van der Waals surface area contributed by atoms with Crippen molar-refractivity contribution in [1.29, 1.82) is 0 Å². The van der Waals surface area contributed by atoms with Crippen LogP contribution in [0, 0.1) is 0 Å². The van der Waals surface area contributed by atoms with Crippen LogP contribution in [0.1, 0.15) is 23.6 Å². The van der Waals surface area contributed by atoms with E-state index in [0.717, 1.165) is 40.4 Å². The summed E-state index contributed by atoms with van der Waals surface area (Å²) < 4.78 is 10.9. The number of hydrogen-bond donors (Lipinski definition) is 1. The van der Waals surface area contributed by atoms with Gasteiger partial charge in [-0.25, -0.2) is 0 Å². The highest BCUT2D eigenvalue weighted by molar-refractivity contribution is 6.02. The Kier molecular flexibility index (Phi) is 4.10. The average Bonchev–Trinajstić information content (AvgIpc) is 2.96. The lowest BCUT2D eigenvalue weighted by Gasteiger charge is -2.21. The van der Waals surface area contributed by atoms with Gasteiger partial charge in [0.1, 0.15) is 11.5 Å². The lowest BCUT2D eigenvalue weighted by molar-refractivity contribution is 0.279. The highest BCUT2D eigenvalue weighted by atomic mass is 16.5.